The van der Waals surface area contributed by atoms with Gasteiger partial charge in [-0.3, -0.25) is 4.79 Å². The predicted molar refractivity (Wildman–Crippen MR) is 128 cm³/mol. The number of ketones is 1. The van der Waals surface area contributed by atoms with E-state index in [1.54, 1.807) is 13.0 Å². The number of hydrogen-bond acceptors (Lipinski definition) is 8. The van der Waals surface area contributed by atoms with Crippen molar-refractivity contribution in [3.05, 3.63) is 11.6 Å². The second-order valence-corrected chi connectivity index (χ2v) is 13.0. The molecule has 8 nitrogen and oxygen atoms in total. The van der Waals surface area contributed by atoms with Gasteiger partial charge in [0, 0.05) is 11.3 Å². The molecule has 35 heavy (non-hydrogen) atoms. The Labute approximate surface area is 207 Å². The fourth-order valence-electron chi connectivity index (χ4n) is 8.36. The second-order valence-electron chi connectivity index (χ2n) is 13.0. The van der Waals surface area contributed by atoms with Gasteiger partial charge in [0.25, 0.3) is 0 Å². The highest BCUT2D eigenvalue weighted by Gasteiger charge is 2.69. The molecule has 3 saturated carbocycles. The van der Waals surface area contributed by atoms with Crippen molar-refractivity contribution in [3.63, 3.8) is 0 Å². The van der Waals surface area contributed by atoms with Gasteiger partial charge in [-0.25, -0.2) is 0 Å². The number of hydrogen-bond donors (Lipinski definition) is 7. The Morgan fingerprint density at radius 3 is 2.37 bits per heavy atom. The predicted octanol–water partition coefficient (Wildman–Crippen LogP) is 0.826. The quantitative estimate of drug-likeness (QED) is 0.285. The van der Waals surface area contributed by atoms with E-state index in [4.69, 9.17) is 0 Å². The molecule has 11 atom stereocenters. The molecule has 0 amide bonds. The van der Waals surface area contributed by atoms with Gasteiger partial charge in [0.05, 0.1) is 41.7 Å². The van der Waals surface area contributed by atoms with Crippen LogP contribution in [0.15, 0.2) is 11.6 Å². The molecular formula is C27H44O8. The summed E-state index contributed by atoms with van der Waals surface area (Å²) in [6.45, 7) is 6.54. The van der Waals surface area contributed by atoms with Crippen LogP contribution in [0.3, 0.4) is 0 Å². The van der Waals surface area contributed by atoms with Gasteiger partial charge in [-0.2, -0.15) is 0 Å². The summed E-state index contributed by atoms with van der Waals surface area (Å²) in [6, 6.07) is 0. The monoisotopic (exact) mass is 496 g/mol. The Morgan fingerprint density at radius 2 is 1.74 bits per heavy atom. The maximum absolute atomic E-state index is 13.3. The standard InChI is InChI=1S/C27H44O8/c1-23(33,14-28)8-7-22(32)26(4,34)21-6-10-27(35)16-11-18(29)17-12-19(30)20(31)13-24(17,2)15(16)5-9-25(21,27)3/h11,15,17,19-22,28,30-35H,5-10,12-14H2,1-4H3/t15-,17+,19+,20-,21-,22+,23-,24+,25+,26-,27+/m0/s1. The van der Waals surface area contributed by atoms with E-state index in [1.807, 2.05) is 13.8 Å². The molecule has 0 aromatic carbocycles. The zero-order chi connectivity index (χ0) is 26.2. The Hall–Kier alpha value is -0.870. The van der Waals surface area contributed by atoms with Gasteiger partial charge < -0.3 is 35.7 Å². The zero-order valence-corrected chi connectivity index (χ0v) is 21.4. The van der Waals surface area contributed by atoms with Crippen molar-refractivity contribution < 1.29 is 40.5 Å². The molecule has 200 valence electrons. The summed E-state index contributed by atoms with van der Waals surface area (Å²) in [5, 5.41) is 74.9. The first-order chi connectivity index (χ1) is 16.0. The lowest BCUT2D eigenvalue weighted by molar-refractivity contribution is -0.177. The van der Waals surface area contributed by atoms with Crippen LogP contribution in [0.5, 0.6) is 0 Å². The zero-order valence-electron chi connectivity index (χ0n) is 21.4. The summed E-state index contributed by atoms with van der Waals surface area (Å²) in [6.07, 6.45) is 1.37. The minimum atomic E-state index is -1.55. The van der Waals surface area contributed by atoms with Gasteiger partial charge in [0.1, 0.15) is 0 Å². The van der Waals surface area contributed by atoms with Crippen LogP contribution in [-0.2, 0) is 4.79 Å². The number of rotatable bonds is 6. The number of carbonyl (C=O) groups excluding carboxylic acids is 1. The van der Waals surface area contributed by atoms with Gasteiger partial charge >= 0.3 is 0 Å². The number of carbonyl (C=O) groups is 1. The van der Waals surface area contributed by atoms with Crippen LogP contribution in [0.1, 0.15) is 79.1 Å². The molecule has 0 saturated heterocycles. The molecule has 4 aliphatic carbocycles. The lowest BCUT2D eigenvalue weighted by atomic mass is 9.45. The maximum Gasteiger partial charge on any atom is 0.159 e. The molecule has 3 fully saturated rings. The van der Waals surface area contributed by atoms with Crippen molar-refractivity contribution in [2.75, 3.05) is 6.61 Å². The van der Waals surface area contributed by atoms with E-state index < -0.39 is 64.4 Å². The largest absolute Gasteiger partial charge is 0.393 e. The number of aliphatic hydroxyl groups excluding tert-OH is 4. The summed E-state index contributed by atoms with van der Waals surface area (Å²) in [7, 11) is 0. The molecule has 0 heterocycles. The van der Waals surface area contributed by atoms with Gasteiger partial charge in [-0.1, -0.05) is 13.8 Å². The van der Waals surface area contributed by atoms with E-state index in [-0.39, 0.29) is 31.0 Å². The fraction of sp³-hybridized carbons (Fsp3) is 0.889. The average molecular weight is 497 g/mol. The van der Waals surface area contributed by atoms with Crippen LogP contribution in [0.2, 0.25) is 0 Å². The number of allylic oxidation sites excluding steroid dienone is 1. The Bertz CT molecular complexity index is 882. The Morgan fingerprint density at radius 1 is 1.09 bits per heavy atom. The third kappa shape index (κ3) is 3.95. The van der Waals surface area contributed by atoms with Crippen LogP contribution in [0, 0.1) is 28.6 Å². The minimum Gasteiger partial charge on any atom is -0.393 e. The van der Waals surface area contributed by atoms with Crippen LogP contribution >= 0.6 is 0 Å². The van der Waals surface area contributed by atoms with E-state index in [0.29, 0.717) is 37.7 Å². The van der Waals surface area contributed by atoms with Crippen LogP contribution in [-0.4, -0.2) is 83.3 Å². The van der Waals surface area contributed by atoms with Gasteiger partial charge in [0.15, 0.2) is 5.78 Å². The van der Waals surface area contributed by atoms with E-state index in [1.165, 1.54) is 6.92 Å². The molecule has 0 radical (unpaired) electrons. The molecular weight excluding hydrogens is 452 g/mol. The summed E-state index contributed by atoms with van der Waals surface area (Å²) < 4.78 is 0. The molecule has 0 aromatic rings. The summed E-state index contributed by atoms with van der Waals surface area (Å²) in [4.78, 5) is 13.3. The van der Waals surface area contributed by atoms with Crippen molar-refractivity contribution in [3.8, 4) is 0 Å². The van der Waals surface area contributed by atoms with E-state index in [2.05, 4.69) is 0 Å². The first-order valence-corrected chi connectivity index (χ1v) is 13.1. The molecule has 4 rings (SSSR count). The molecule has 0 bridgehead atoms. The van der Waals surface area contributed by atoms with Crippen molar-refractivity contribution in [1.82, 2.24) is 0 Å². The van der Waals surface area contributed by atoms with Gasteiger partial charge in [-0.05, 0) is 94.1 Å². The third-order valence-electron chi connectivity index (χ3n) is 10.8. The van der Waals surface area contributed by atoms with E-state index in [9.17, 15) is 40.5 Å². The minimum absolute atomic E-state index is 0.0926. The average Bonchev–Trinajstić information content (AvgIpc) is 3.06. The smallest absolute Gasteiger partial charge is 0.159 e. The SMILES string of the molecule is C[C@@](O)(CO)CC[C@@H](O)[C@@](C)(O)[C@H]1CC[C@@]2(O)C3=CC(=O)[C@H]4C[C@@H](O)[C@@H](O)C[C@]4(C)[C@H]3CC[C@]12C. The highest BCUT2D eigenvalue weighted by Crippen LogP contribution is 2.68. The van der Waals surface area contributed by atoms with Gasteiger partial charge in [0.2, 0.25) is 0 Å². The van der Waals surface area contributed by atoms with Crippen molar-refractivity contribution in [2.45, 2.75) is 114 Å². The number of fused-ring (bicyclic) bond motifs is 5. The molecule has 8 heteroatoms. The van der Waals surface area contributed by atoms with Crippen molar-refractivity contribution >= 4 is 5.78 Å². The summed E-state index contributed by atoms with van der Waals surface area (Å²) in [5.74, 6) is -1.08. The first-order valence-electron chi connectivity index (χ1n) is 13.1. The number of aliphatic hydroxyl groups is 7. The molecule has 0 unspecified atom stereocenters. The lowest BCUT2D eigenvalue weighted by Gasteiger charge is -2.60. The fourth-order valence-corrected chi connectivity index (χ4v) is 8.36. The first kappa shape index (κ1) is 27.2. The highest BCUT2D eigenvalue weighted by atomic mass is 16.3. The topological polar surface area (TPSA) is 159 Å². The maximum atomic E-state index is 13.3. The van der Waals surface area contributed by atoms with Crippen molar-refractivity contribution in [1.29, 1.82) is 0 Å². The molecule has 0 spiro atoms. The normalized spacial score (nSPS) is 47.6. The van der Waals surface area contributed by atoms with Crippen LogP contribution in [0.4, 0.5) is 0 Å². The third-order valence-corrected chi connectivity index (χ3v) is 10.8. The summed E-state index contributed by atoms with van der Waals surface area (Å²) in [5.41, 5.74) is -4.90. The lowest BCUT2D eigenvalue weighted by Crippen LogP contribution is -2.62. The molecule has 4 aliphatic rings. The Balaban J connectivity index is 1.64. The van der Waals surface area contributed by atoms with Gasteiger partial charge in [-0.15, -0.1) is 0 Å². The molecule has 0 aliphatic heterocycles. The van der Waals surface area contributed by atoms with E-state index >= 15 is 0 Å². The summed E-state index contributed by atoms with van der Waals surface area (Å²) >= 11 is 0. The highest BCUT2D eigenvalue weighted by molar-refractivity contribution is 5.95. The second kappa shape index (κ2) is 8.58. The molecule has 0 aromatic heterocycles. The molecule has 7 N–H and O–H groups in total. The van der Waals surface area contributed by atoms with E-state index in [0.717, 1.165) is 0 Å². The van der Waals surface area contributed by atoms with Crippen LogP contribution in [0.25, 0.3) is 0 Å². The van der Waals surface area contributed by atoms with Crippen LogP contribution < -0.4 is 0 Å². The Kier molecular flexibility index (Phi) is 6.66. The van der Waals surface area contributed by atoms with Crippen molar-refractivity contribution in [2.24, 2.45) is 28.6 Å².